The van der Waals surface area contributed by atoms with Gasteiger partial charge in [0.1, 0.15) is 0 Å². The summed E-state index contributed by atoms with van der Waals surface area (Å²) in [4.78, 5) is 19.3. The molecule has 24 heavy (non-hydrogen) atoms. The number of hydrogen-bond acceptors (Lipinski definition) is 4. The van der Waals surface area contributed by atoms with Crippen LogP contribution >= 0.6 is 11.3 Å². The smallest absolute Gasteiger partial charge is 0.227 e. The first-order valence-electron chi connectivity index (χ1n) is 8.67. The van der Waals surface area contributed by atoms with Gasteiger partial charge >= 0.3 is 0 Å². The number of carbonyl (C=O) groups is 1. The molecule has 0 aromatic carbocycles. The molecule has 1 unspecified atom stereocenters. The maximum atomic E-state index is 13.0. The number of hydrogen-bond donors (Lipinski definition) is 1. The van der Waals surface area contributed by atoms with E-state index in [0.29, 0.717) is 17.9 Å². The molecule has 4 nitrogen and oxygen atoms in total. The highest BCUT2D eigenvalue weighted by molar-refractivity contribution is 7.07. The molecule has 1 N–H and O–H groups in total. The summed E-state index contributed by atoms with van der Waals surface area (Å²) in [6, 6.07) is 6.42. The second-order valence-corrected chi connectivity index (χ2v) is 7.80. The third kappa shape index (κ3) is 3.23. The summed E-state index contributed by atoms with van der Waals surface area (Å²) in [7, 11) is 0. The molecule has 1 amide bonds. The van der Waals surface area contributed by atoms with Gasteiger partial charge in [0.15, 0.2) is 0 Å². The molecule has 2 aromatic heterocycles. The van der Waals surface area contributed by atoms with Crippen molar-refractivity contribution in [2.24, 2.45) is 5.41 Å². The zero-order valence-electron chi connectivity index (χ0n) is 13.8. The van der Waals surface area contributed by atoms with Gasteiger partial charge in [0.05, 0.1) is 6.42 Å². The summed E-state index contributed by atoms with van der Waals surface area (Å²) in [6.07, 6.45) is 7.55. The number of nitrogens with zero attached hydrogens (tertiary/aromatic N) is 2. The number of amides is 1. The summed E-state index contributed by atoms with van der Waals surface area (Å²) in [5, 5.41) is 7.69. The first-order valence-corrected chi connectivity index (χ1v) is 9.61. The molecule has 4 rings (SSSR count). The Bertz CT molecular complexity index is 680. The Kier molecular flexibility index (Phi) is 4.37. The van der Waals surface area contributed by atoms with Crippen LogP contribution in [0.25, 0.3) is 0 Å². The highest BCUT2D eigenvalue weighted by Crippen LogP contribution is 2.56. The fourth-order valence-electron chi connectivity index (χ4n) is 3.96. The third-order valence-corrected chi connectivity index (χ3v) is 6.19. The van der Waals surface area contributed by atoms with E-state index in [2.05, 4.69) is 32.0 Å². The van der Waals surface area contributed by atoms with Crippen molar-refractivity contribution in [2.75, 3.05) is 13.1 Å². The number of pyridine rings is 1. The summed E-state index contributed by atoms with van der Waals surface area (Å²) in [5.41, 5.74) is 2.61. The van der Waals surface area contributed by atoms with Crippen LogP contribution in [0.3, 0.4) is 0 Å². The predicted octanol–water partition coefficient (Wildman–Crippen LogP) is 2.86. The van der Waals surface area contributed by atoms with Crippen molar-refractivity contribution in [1.29, 1.82) is 0 Å². The molecule has 1 aliphatic carbocycles. The van der Waals surface area contributed by atoms with E-state index in [9.17, 15) is 4.79 Å². The van der Waals surface area contributed by atoms with E-state index >= 15 is 0 Å². The molecule has 3 heterocycles. The number of carbonyl (C=O) groups excluding carboxylic acids is 1. The lowest BCUT2D eigenvalue weighted by Crippen LogP contribution is -2.39. The molecule has 2 aliphatic rings. The van der Waals surface area contributed by atoms with E-state index in [-0.39, 0.29) is 5.91 Å². The Morgan fingerprint density at radius 2 is 2.21 bits per heavy atom. The summed E-state index contributed by atoms with van der Waals surface area (Å²) in [6.45, 7) is 2.90. The van der Waals surface area contributed by atoms with Crippen LogP contribution in [0.2, 0.25) is 0 Å². The first-order chi connectivity index (χ1) is 11.8. The Labute approximate surface area is 146 Å². The van der Waals surface area contributed by atoms with Crippen molar-refractivity contribution in [3.63, 3.8) is 0 Å². The quantitative estimate of drug-likeness (QED) is 0.909. The van der Waals surface area contributed by atoms with E-state index in [0.717, 1.165) is 31.6 Å². The van der Waals surface area contributed by atoms with E-state index in [4.69, 9.17) is 0 Å². The van der Waals surface area contributed by atoms with Gasteiger partial charge in [-0.15, -0.1) is 0 Å². The number of piperidine rings is 1. The van der Waals surface area contributed by atoms with Crippen LogP contribution < -0.4 is 5.32 Å². The van der Waals surface area contributed by atoms with Gasteiger partial charge in [-0.2, -0.15) is 11.3 Å². The standard InChI is InChI=1S/C19H23N3OS/c23-18(10-15-2-1-6-21-12-15)22(13-16-3-9-24-14-16)17-11-19(17)4-7-20-8-5-19/h1-3,6,9,12,14,17,20H,4-5,7-8,10-11,13H2. The Balaban J connectivity index is 1.51. The van der Waals surface area contributed by atoms with Crippen LogP contribution in [0.5, 0.6) is 0 Å². The molecule has 0 radical (unpaired) electrons. The van der Waals surface area contributed by atoms with Crippen molar-refractivity contribution >= 4 is 17.2 Å². The lowest BCUT2D eigenvalue weighted by molar-refractivity contribution is -0.132. The lowest BCUT2D eigenvalue weighted by atomic mass is 9.93. The lowest BCUT2D eigenvalue weighted by Gasteiger charge is -2.29. The van der Waals surface area contributed by atoms with Crippen LogP contribution in [0.4, 0.5) is 0 Å². The van der Waals surface area contributed by atoms with Gasteiger partial charge in [-0.05, 0) is 71.8 Å². The van der Waals surface area contributed by atoms with Gasteiger partial charge in [0.2, 0.25) is 5.91 Å². The van der Waals surface area contributed by atoms with Crippen LogP contribution in [-0.2, 0) is 17.8 Å². The third-order valence-electron chi connectivity index (χ3n) is 5.45. The summed E-state index contributed by atoms with van der Waals surface area (Å²) >= 11 is 1.70. The highest BCUT2D eigenvalue weighted by Gasteiger charge is 2.57. The fraction of sp³-hybridized carbons (Fsp3) is 0.474. The van der Waals surface area contributed by atoms with Crippen molar-refractivity contribution in [3.05, 3.63) is 52.5 Å². The molecule has 1 atom stereocenters. The topological polar surface area (TPSA) is 45.2 Å². The molecular formula is C19H23N3OS. The van der Waals surface area contributed by atoms with E-state index in [1.807, 2.05) is 12.1 Å². The zero-order valence-corrected chi connectivity index (χ0v) is 14.6. The first kappa shape index (κ1) is 15.8. The van der Waals surface area contributed by atoms with E-state index in [1.165, 1.54) is 18.4 Å². The second-order valence-electron chi connectivity index (χ2n) is 7.02. The van der Waals surface area contributed by atoms with E-state index in [1.54, 1.807) is 23.7 Å². The van der Waals surface area contributed by atoms with Crippen LogP contribution in [0.15, 0.2) is 41.4 Å². The SMILES string of the molecule is O=C(Cc1cccnc1)N(Cc1ccsc1)C1CC12CCNCC2. The minimum absolute atomic E-state index is 0.231. The van der Waals surface area contributed by atoms with Gasteiger partial charge in [0, 0.05) is 25.0 Å². The summed E-state index contributed by atoms with van der Waals surface area (Å²) in [5.74, 6) is 0.231. The molecule has 1 aliphatic heterocycles. The van der Waals surface area contributed by atoms with Crippen LogP contribution in [0, 0.1) is 5.41 Å². The molecule has 2 fully saturated rings. The normalized spacial score (nSPS) is 21.6. The largest absolute Gasteiger partial charge is 0.334 e. The maximum Gasteiger partial charge on any atom is 0.227 e. The minimum Gasteiger partial charge on any atom is -0.334 e. The van der Waals surface area contributed by atoms with Crippen LogP contribution in [-0.4, -0.2) is 34.9 Å². The average molecular weight is 341 g/mol. The number of thiophene rings is 1. The van der Waals surface area contributed by atoms with Gasteiger partial charge in [0.25, 0.3) is 0 Å². The van der Waals surface area contributed by atoms with E-state index < -0.39 is 0 Å². The van der Waals surface area contributed by atoms with Crippen molar-refractivity contribution in [3.8, 4) is 0 Å². The number of rotatable bonds is 5. The van der Waals surface area contributed by atoms with Gasteiger partial charge in [-0.3, -0.25) is 9.78 Å². The van der Waals surface area contributed by atoms with Crippen molar-refractivity contribution < 1.29 is 4.79 Å². The molecule has 0 bridgehead atoms. The van der Waals surface area contributed by atoms with Gasteiger partial charge in [-0.1, -0.05) is 6.07 Å². The maximum absolute atomic E-state index is 13.0. The fourth-order valence-corrected chi connectivity index (χ4v) is 4.62. The number of nitrogens with one attached hydrogen (secondary N) is 1. The number of aromatic nitrogens is 1. The van der Waals surface area contributed by atoms with Gasteiger partial charge in [-0.25, -0.2) is 0 Å². The second kappa shape index (κ2) is 6.65. The van der Waals surface area contributed by atoms with Crippen LogP contribution in [0.1, 0.15) is 30.4 Å². The Morgan fingerprint density at radius 1 is 1.33 bits per heavy atom. The minimum atomic E-state index is 0.231. The van der Waals surface area contributed by atoms with Crippen molar-refractivity contribution in [1.82, 2.24) is 15.2 Å². The molecule has 5 heteroatoms. The summed E-state index contributed by atoms with van der Waals surface area (Å²) < 4.78 is 0. The monoisotopic (exact) mass is 341 g/mol. The zero-order chi connectivity index (χ0) is 16.4. The molecule has 1 spiro atoms. The molecule has 2 aromatic rings. The predicted molar refractivity (Wildman–Crippen MR) is 95.8 cm³/mol. The average Bonchev–Trinajstić information content (AvgIpc) is 3.05. The van der Waals surface area contributed by atoms with Crippen molar-refractivity contribution in [2.45, 2.75) is 38.3 Å². The Morgan fingerprint density at radius 3 is 2.92 bits per heavy atom. The molecule has 1 saturated heterocycles. The highest BCUT2D eigenvalue weighted by atomic mass is 32.1. The van der Waals surface area contributed by atoms with Gasteiger partial charge < -0.3 is 10.2 Å². The Hall–Kier alpha value is -1.72. The molecule has 126 valence electrons. The molecular weight excluding hydrogens is 318 g/mol. The molecule has 1 saturated carbocycles.